The van der Waals surface area contributed by atoms with E-state index in [1.54, 1.807) is 24.0 Å². The molecule has 2 N–H and O–H groups in total. The topological polar surface area (TPSA) is 96.2 Å². The lowest BCUT2D eigenvalue weighted by molar-refractivity contribution is -0.383. The van der Waals surface area contributed by atoms with E-state index in [4.69, 9.17) is 11.0 Å². The van der Waals surface area contributed by atoms with Gasteiger partial charge >= 0.3 is 5.69 Å². The summed E-state index contributed by atoms with van der Waals surface area (Å²) in [5.41, 5.74) is 6.15. The Morgan fingerprint density at radius 1 is 1.61 bits per heavy atom. The molecule has 0 spiro atoms. The second-order valence-electron chi connectivity index (χ2n) is 4.04. The summed E-state index contributed by atoms with van der Waals surface area (Å²) in [6.45, 7) is 4.69. The van der Waals surface area contributed by atoms with E-state index in [-0.39, 0.29) is 17.3 Å². The molecule has 0 saturated heterocycles. The average Bonchev–Trinajstić information content (AvgIpc) is 2.34. The number of rotatable bonds is 5. The third-order valence-electron chi connectivity index (χ3n) is 2.67. The third kappa shape index (κ3) is 2.88. The molecule has 96 valence electrons. The van der Waals surface area contributed by atoms with E-state index < -0.39 is 4.92 Å². The van der Waals surface area contributed by atoms with Crippen molar-refractivity contribution in [2.75, 3.05) is 23.7 Å². The van der Waals surface area contributed by atoms with Gasteiger partial charge in [-0.3, -0.25) is 10.1 Å². The number of nitrogen functional groups attached to an aromatic ring is 1. The first-order valence-corrected chi connectivity index (χ1v) is 5.68. The number of hydrogen-bond donors (Lipinski definition) is 1. The maximum atomic E-state index is 11.1. The Hall–Kier alpha value is -2.29. The molecule has 18 heavy (non-hydrogen) atoms. The zero-order valence-corrected chi connectivity index (χ0v) is 10.5. The molecule has 0 aliphatic carbocycles. The fourth-order valence-electron chi connectivity index (χ4n) is 1.77. The molecule has 1 aromatic carbocycles. The molecule has 0 aromatic heterocycles. The zero-order chi connectivity index (χ0) is 13.7. The van der Waals surface area contributed by atoms with Gasteiger partial charge in [-0.1, -0.05) is 6.07 Å². The van der Waals surface area contributed by atoms with Crippen molar-refractivity contribution >= 4 is 17.1 Å². The highest BCUT2D eigenvalue weighted by atomic mass is 16.6. The van der Waals surface area contributed by atoms with Crippen LogP contribution in [0.15, 0.2) is 18.2 Å². The minimum absolute atomic E-state index is 0.0931. The van der Waals surface area contributed by atoms with Gasteiger partial charge in [0.2, 0.25) is 0 Å². The summed E-state index contributed by atoms with van der Waals surface area (Å²) < 4.78 is 0. The number of para-hydroxylation sites is 1. The van der Waals surface area contributed by atoms with Gasteiger partial charge in [-0.15, -0.1) is 0 Å². The smallest absolute Gasteiger partial charge is 0.315 e. The molecule has 0 saturated carbocycles. The average molecular weight is 248 g/mol. The Kier molecular flexibility index (Phi) is 4.49. The molecule has 0 amide bonds. The monoisotopic (exact) mass is 248 g/mol. The highest BCUT2D eigenvalue weighted by molar-refractivity contribution is 5.75. The Morgan fingerprint density at radius 2 is 2.28 bits per heavy atom. The van der Waals surface area contributed by atoms with Gasteiger partial charge in [-0.25, -0.2) is 0 Å². The summed E-state index contributed by atoms with van der Waals surface area (Å²) in [5.74, 6) is -0.203. The first-order chi connectivity index (χ1) is 8.51. The van der Waals surface area contributed by atoms with Gasteiger partial charge in [0.15, 0.2) is 0 Å². The van der Waals surface area contributed by atoms with Crippen molar-refractivity contribution < 1.29 is 4.92 Å². The maximum Gasteiger partial charge on any atom is 0.315 e. The van der Waals surface area contributed by atoms with E-state index in [1.165, 1.54) is 6.07 Å². The lowest BCUT2D eigenvalue weighted by Crippen LogP contribution is -2.28. The van der Waals surface area contributed by atoms with Crippen molar-refractivity contribution in [3.8, 4) is 6.07 Å². The minimum Gasteiger partial charge on any atom is -0.393 e. The predicted molar refractivity (Wildman–Crippen MR) is 70.2 cm³/mol. The van der Waals surface area contributed by atoms with Gasteiger partial charge in [-0.2, -0.15) is 5.26 Å². The van der Waals surface area contributed by atoms with E-state index in [0.29, 0.717) is 18.8 Å². The van der Waals surface area contributed by atoms with Crippen molar-refractivity contribution in [2.24, 2.45) is 5.92 Å². The number of anilines is 2. The van der Waals surface area contributed by atoms with E-state index >= 15 is 0 Å². The van der Waals surface area contributed by atoms with E-state index in [9.17, 15) is 10.1 Å². The van der Waals surface area contributed by atoms with Crippen LogP contribution in [-0.2, 0) is 0 Å². The Balaban J connectivity index is 3.18. The molecule has 1 atom stereocenters. The van der Waals surface area contributed by atoms with Crippen LogP contribution in [0.2, 0.25) is 0 Å². The molecule has 1 unspecified atom stereocenters. The minimum atomic E-state index is -0.482. The SMILES string of the molecule is CCN(CC(C)C#N)c1cccc(N)c1[N+](=O)[O-]. The molecule has 6 nitrogen and oxygen atoms in total. The van der Waals surface area contributed by atoms with Crippen LogP contribution in [0.1, 0.15) is 13.8 Å². The Labute approximate surface area is 106 Å². The fourth-order valence-corrected chi connectivity index (χ4v) is 1.77. The van der Waals surface area contributed by atoms with E-state index in [0.717, 1.165) is 0 Å². The van der Waals surface area contributed by atoms with Gasteiger partial charge in [0, 0.05) is 13.1 Å². The van der Waals surface area contributed by atoms with Gasteiger partial charge in [0.05, 0.1) is 16.9 Å². The quantitative estimate of drug-likeness (QED) is 0.489. The molecular weight excluding hydrogens is 232 g/mol. The summed E-state index contributed by atoms with van der Waals surface area (Å²) in [4.78, 5) is 12.4. The lowest BCUT2D eigenvalue weighted by Gasteiger charge is -2.24. The van der Waals surface area contributed by atoms with Crippen LogP contribution in [0.4, 0.5) is 17.1 Å². The summed E-state index contributed by atoms with van der Waals surface area (Å²) in [5, 5.41) is 19.9. The molecule has 0 bridgehead atoms. The van der Waals surface area contributed by atoms with Crippen molar-refractivity contribution in [1.82, 2.24) is 0 Å². The Morgan fingerprint density at radius 3 is 2.78 bits per heavy atom. The summed E-state index contributed by atoms with van der Waals surface area (Å²) in [7, 11) is 0. The number of nitrogens with two attached hydrogens (primary N) is 1. The van der Waals surface area contributed by atoms with Crippen LogP contribution < -0.4 is 10.6 Å². The molecule has 0 aliphatic heterocycles. The van der Waals surface area contributed by atoms with Crippen molar-refractivity contribution in [2.45, 2.75) is 13.8 Å². The highest BCUT2D eigenvalue weighted by Gasteiger charge is 2.22. The summed E-state index contributed by atoms with van der Waals surface area (Å²) >= 11 is 0. The van der Waals surface area contributed by atoms with Gasteiger partial charge in [-0.05, 0) is 26.0 Å². The molecule has 0 aliphatic rings. The van der Waals surface area contributed by atoms with Crippen molar-refractivity contribution in [1.29, 1.82) is 5.26 Å². The van der Waals surface area contributed by atoms with Crippen LogP contribution in [0.25, 0.3) is 0 Å². The number of hydrogen-bond acceptors (Lipinski definition) is 5. The normalized spacial score (nSPS) is 11.6. The maximum absolute atomic E-state index is 11.1. The first-order valence-electron chi connectivity index (χ1n) is 5.68. The number of nitro benzene ring substituents is 1. The van der Waals surface area contributed by atoms with Gasteiger partial charge < -0.3 is 10.6 Å². The standard InChI is InChI=1S/C12H16N4O2/c1-3-15(8-9(2)7-13)11-6-4-5-10(14)12(11)16(17)18/h4-6,9H,3,8,14H2,1-2H3. The zero-order valence-electron chi connectivity index (χ0n) is 10.5. The number of nitrogens with zero attached hydrogens (tertiary/aromatic N) is 3. The van der Waals surface area contributed by atoms with E-state index in [2.05, 4.69) is 6.07 Å². The van der Waals surface area contributed by atoms with Crippen molar-refractivity contribution in [3.63, 3.8) is 0 Å². The molecule has 0 fully saturated rings. The number of benzene rings is 1. The fraction of sp³-hybridized carbons (Fsp3) is 0.417. The first kappa shape index (κ1) is 13.8. The van der Waals surface area contributed by atoms with Crippen LogP contribution in [0, 0.1) is 27.4 Å². The molecule has 0 radical (unpaired) electrons. The predicted octanol–water partition coefficient (Wildman–Crippen LogP) is 2.16. The molecular formula is C12H16N4O2. The van der Waals surface area contributed by atoms with E-state index in [1.807, 2.05) is 6.92 Å². The van der Waals surface area contributed by atoms with Crippen LogP contribution in [-0.4, -0.2) is 18.0 Å². The van der Waals surface area contributed by atoms with Crippen molar-refractivity contribution in [3.05, 3.63) is 28.3 Å². The molecule has 1 rings (SSSR count). The summed E-state index contributed by atoms with van der Waals surface area (Å²) in [6, 6.07) is 6.96. The molecule has 1 aromatic rings. The lowest BCUT2D eigenvalue weighted by atomic mass is 10.1. The molecule has 6 heteroatoms. The largest absolute Gasteiger partial charge is 0.393 e. The second-order valence-corrected chi connectivity index (χ2v) is 4.04. The van der Waals surface area contributed by atoms with Crippen LogP contribution in [0.3, 0.4) is 0 Å². The third-order valence-corrected chi connectivity index (χ3v) is 2.67. The van der Waals surface area contributed by atoms with Gasteiger partial charge in [0.25, 0.3) is 0 Å². The number of nitriles is 1. The van der Waals surface area contributed by atoms with Crippen LogP contribution >= 0.6 is 0 Å². The molecule has 0 heterocycles. The second kappa shape index (κ2) is 5.87. The highest BCUT2D eigenvalue weighted by Crippen LogP contribution is 2.33. The number of nitro groups is 1. The van der Waals surface area contributed by atoms with Gasteiger partial charge in [0.1, 0.15) is 11.4 Å². The summed E-state index contributed by atoms with van der Waals surface area (Å²) in [6.07, 6.45) is 0. The Bertz CT molecular complexity index is 481. The van der Waals surface area contributed by atoms with Crippen LogP contribution in [0.5, 0.6) is 0 Å².